The van der Waals surface area contributed by atoms with Gasteiger partial charge in [0.25, 0.3) is 0 Å². The number of rotatable bonds is 4. The average molecular weight is 385 g/mol. The van der Waals surface area contributed by atoms with Crippen LogP contribution in [0.15, 0.2) is 29.7 Å². The number of thioether (sulfide) groups is 1. The first kappa shape index (κ1) is 18.5. The van der Waals surface area contributed by atoms with Gasteiger partial charge < -0.3 is 4.90 Å². The summed E-state index contributed by atoms with van der Waals surface area (Å²) in [6.07, 6.45) is 9.25. The number of piperidine rings is 1. The van der Waals surface area contributed by atoms with Crippen molar-refractivity contribution in [3.63, 3.8) is 0 Å². The summed E-state index contributed by atoms with van der Waals surface area (Å²) in [5.74, 6) is 1.42. The predicted octanol–water partition coefficient (Wildman–Crippen LogP) is 4.16. The minimum atomic E-state index is 0.257. The smallest absolute Gasteiger partial charge is 0.233 e. The van der Waals surface area contributed by atoms with E-state index < -0.39 is 0 Å². The van der Waals surface area contributed by atoms with E-state index in [0.717, 1.165) is 29.7 Å². The number of carbonyl (C=O) groups excluding carboxylic acids is 1. The molecule has 2 heterocycles. The molecule has 1 aromatic heterocycles. The maximum Gasteiger partial charge on any atom is 0.233 e. The number of amides is 1. The molecule has 4 rings (SSSR count). The van der Waals surface area contributed by atoms with Gasteiger partial charge in [0.15, 0.2) is 5.16 Å². The lowest BCUT2D eigenvalue weighted by Crippen LogP contribution is -2.50. The molecule has 2 aliphatic rings. The summed E-state index contributed by atoms with van der Waals surface area (Å²) in [6.45, 7) is 5.09. The average Bonchev–Trinajstić information content (AvgIpc) is 3.16. The van der Waals surface area contributed by atoms with Gasteiger partial charge in [-0.1, -0.05) is 36.7 Å². The van der Waals surface area contributed by atoms with Crippen LogP contribution in [0.4, 0.5) is 0 Å². The summed E-state index contributed by atoms with van der Waals surface area (Å²) in [4.78, 5) is 15.1. The number of carbonyl (C=O) groups is 1. The lowest BCUT2D eigenvalue weighted by atomic mass is 9.78. The van der Waals surface area contributed by atoms with Gasteiger partial charge >= 0.3 is 0 Å². The van der Waals surface area contributed by atoms with Gasteiger partial charge in [0.05, 0.1) is 11.4 Å². The van der Waals surface area contributed by atoms with Crippen LogP contribution in [0.3, 0.4) is 0 Å². The molecule has 1 aliphatic heterocycles. The highest BCUT2D eigenvalue weighted by Crippen LogP contribution is 2.35. The molecule has 5 nitrogen and oxygen atoms in total. The van der Waals surface area contributed by atoms with Crippen molar-refractivity contribution >= 4 is 17.7 Å². The van der Waals surface area contributed by atoms with Crippen molar-refractivity contribution in [2.45, 2.75) is 63.6 Å². The van der Waals surface area contributed by atoms with E-state index in [-0.39, 0.29) is 5.91 Å². The number of aryl methyl sites for hydroxylation is 2. The molecule has 0 bridgehead atoms. The molecule has 1 saturated carbocycles. The van der Waals surface area contributed by atoms with E-state index in [4.69, 9.17) is 0 Å². The van der Waals surface area contributed by atoms with Crippen LogP contribution in [0, 0.1) is 19.8 Å². The zero-order valence-corrected chi connectivity index (χ0v) is 17.0. The number of likely N-dealkylation sites (tertiary alicyclic amines) is 1. The van der Waals surface area contributed by atoms with Crippen molar-refractivity contribution < 1.29 is 4.79 Å². The number of nitrogens with zero attached hydrogens (tertiary/aromatic N) is 4. The fourth-order valence-electron chi connectivity index (χ4n) is 4.61. The van der Waals surface area contributed by atoms with Crippen molar-refractivity contribution in [1.82, 2.24) is 19.7 Å². The van der Waals surface area contributed by atoms with Gasteiger partial charge in [-0.05, 0) is 62.6 Å². The highest BCUT2D eigenvalue weighted by atomic mass is 32.2. The molecule has 2 fully saturated rings. The van der Waals surface area contributed by atoms with Gasteiger partial charge in [-0.3, -0.25) is 9.36 Å². The van der Waals surface area contributed by atoms with Crippen LogP contribution in [0.2, 0.25) is 0 Å². The normalized spacial score (nSPS) is 22.5. The topological polar surface area (TPSA) is 51.0 Å². The maximum absolute atomic E-state index is 13.0. The van der Waals surface area contributed by atoms with E-state index in [1.54, 1.807) is 6.33 Å². The fraction of sp³-hybridized carbons (Fsp3) is 0.571. The summed E-state index contributed by atoms with van der Waals surface area (Å²) < 4.78 is 2.00. The number of hydrogen-bond donors (Lipinski definition) is 0. The Hall–Kier alpha value is -1.82. The van der Waals surface area contributed by atoms with Crippen LogP contribution in [0.5, 0.6) is 0 Å². The molecular formula is C21H28N4OS. The number of benzene rings is 1. The minimum absolute atomic E-state index is 0.257. The van der Waals surface area contributed by atoms with Gasteiger partial charge in [0.2, 0.25) is 5.91 Å². The Balaban J connectivity index is 1.46. The van der Waals surface area contributed by atoms with Crippen molar-refractivity contribution in [3.05, 3.63) is 35.7 Å². The Morgan fingerprint density at radius 1 is 1.19 bits per heavy atom. The Kier molecular flexibility index (Phi) is 5.53. The summed E-state index contributed by atoms with van der Waals surface area (Å²) in [6, 6.07) is 6.83. The molecular weight excluding hydrogens is 356 g/mol. The Labute approximate surface area is 165 Å². The number of hydrogen-bond acceptors (Lipinski definition) is 4. The third-order valence-electron chi connectivity index (χ3n) is 6.03. The zero-order chi connectivity index (χ0) is 18.8. The van der Waals surface area contributed by atoms with E-state index >= 15 is 0 Å². The van der Waals surface area contributed by atoms with Crippen molar-refractivity contribution in [2.75, 3.05) is 12.3 Å². The minimum Gasteiger partial charge on any atom is -0.339 e. The second-order valence-electron chi connectivity index (χ2n) is 7.90. The molecule has 0 spiro atoms. The third-order valence-corrected chi connectivity index (χ3v) is 6.96. The van der Waals surface area contributed by atoms with Gasteiger partial charge in [0, 0.05) is 12.6 Å². The maximum atomic E-state index is 13.0. The van der Waals surface area contributed by atoms with Crippen molar-refractivity contribution in [2.24, 2.45) is 5.92 Å². The van der Waals surface area contributed by atoms with Crippen LogP contribution in [-0.4, -0.2) is 43.9 Å². The molecule has 1 aliphatic carbocycles. The van der Waals surface area contributed by atoms with Gasteiger partial charge in [-0.15, -0.1) is 10.2 Å². The molecule has 144 valence electrons. The first-order valence-electron chi connectivity index (χ1n) is 10.0. The lowest BCUT2D eigenvalue weighted by molar-refractivity contribution is -0.134. The standard InChI is InChI=1S/C21H28N4OS/c1-15-9-10-16(2)19(12-15)25-14-22-23-21(25)27-13-20(26)24-11-5-7-17-6-3-4-8-18(17)24/h9-10,12,14,17-18H,3-8,11,13H2,1-2H3/t17-,18-/m1/s1. The molecule has 0 N–H and O–H groups in total. The van der Waals surface area contributed by atoms with Crippen molar-refractivity contribution in [1.29, 1.82) is 0 Å². The molecule has 1 saturated heterocycles. The molecule has 1 aromatic carbocycles. The molecule has 2 atom stereocenters. The quantitative estimate of drug-likeness (QED) is 0.743. The largest absolute Gasteiger partial charge is 0.339 e. The molecule has 27 heavy (non-hydrogen) atoms. The van der Waals surface area contributed by atoms with E-state index in [9.17, 15) is 4.79 Å². The van der Waals surface area contributed by atoms with Gasteiger partial charge in [-0.25, -0.2) is 0 Å². The fourth-order valence-corrected chi connectivity index (χ4v) is 5.42. The molecule has 2 aromatic rings. The first-order chi connectivity index (χ1) is 13.1. The van der Waals surface area contributed by atoms with Crippen LogP contribution in [0.25, 0.3) is 5.69 Å². The zero-order valence-electron chi connectivity index (χ0n) is 16.2. The van der Waals surface area contributed by atoms with Crippen molar-refractivity contribution in [3.8, 4) is 5.69 Å². The summed E-state index contributed by atoms with van der Waals surface area (Å²) in [5, 5.41) is 9.15. The van der Waals surface area contributed by atoms with Crippen LogP contribution in [-0.2, 0) is 4.79 Å². The Morgan fingerprint density at radius 3 is 2.89 bits per heavy atom. The number of aromatic nitrogens is 3. The molecule has 1 amide bonds. The summed E-state index contributed by atoms with van der Waals surface area (Å²) in [5.41, 5.74) is 3.46. The summed E-state index contributed by atoms with van der Waals surface area (Å²) >= 11 is 1.50. The van der Waals surface area contributed by atoms with E-state index in [0.29, 0.717) is 11.8 Å². The second-order valence-corrected chi connectivity index (χ2v) is 8.85. The first-order valence-corrected chi connectivity index (χ1v) is 11.0. The van der Waals surface area contributed by atoms with Crippen LogP contribution < -0.4 is 0 Å². The molecule has 0 radical (unpaired) electrons. The van der Waals surface area contributed by atoms with Crippen LogP contribution >= 0.6 is 11.8 Å². The van der Waals surface area contributed by atoms with Crippen LogP contribution in [0.1, 0.15) is 49.7 Å². The Bertz CT molecular complexity index is 816. The SMILES string of the molecule is Cc1ccc(C)c(-n2cnnc2SCC(=O)N2CCC[C@H]3CCCC[C@H]32)c1. The highest BCUT2D eigenvalue weighted by molar-refractivity contribution is 7.99. The monoisotopic (exact) mass is 384 g/mol. The lowest BCUT2D eigenvalue weighted by Gasteiger charge is -2.44. The van der Waals surface area contributed by atoms with Gasteiger partial charge in [0.1, 0.15) is 6.33 Å². The number of fused-ring (bicyclic) bond motifs is 1. The molecule has 0 unspecified atom stereocenters. The second kappa shape index (κ2) is 8.05. The Morgan fingerprint density at radius 2 is 2.00 bits per heavy atom. The van der Waals surface area contributed by atoms with Gasteiger partial charge in [-0.2, -0.15) is 0 Å². The highest BCUT2D eigenvalue weighted by Gasteiger charge is 2.35. The third kappa shape index (κ3) is 3.91. The van der Waals surface area contributed by atoms with E-state index in [2.05, 4.69) is 47.1 Å². The van der Waals surface area contributed by atoms with E-state index in [1.165, 1.54) is 55.0 Å². The predicted molar refractivity (Wildman–Crippen MR) is 108 cm³/mol. The molecule has 6 heteroatoms. The van der Waals surface area contributed by atoms with E-state index in [1.807, 2.05) is 4.57 Å². The summed E-state index contributed by atoms with van der Waals surface area (Å²) in [7, 11) is 0.